The van der Waals surface area contributed by atoms with E-state index in [1.54, 1.807) is 6.20 Å². The number of carbonyl (C=O) groups is 2. The van der Waals surface area contributed by atoms with E-state index in [0.717, 1.165) is 20.8 Å². The van der Waals surface area contributed by atoms with Crippen LogP contribution in [0.5, 0.6) is 0 Å². The zero-order valence-electron chi connectivity index (χ0n) is 16.8. The third kappa shape index (κ3) is 6.06. The van der Waals surface area contributed by atoms with Crippen molar-refractivity contribution in [3.05, 3.63) is 52.6 Å². The number of benzene rings is 1. The molecule has 1 fully saturated rings. The summed E-state index contributed by atoms with van der Waals surface area (Å²) in [6.45, 7) is 6.61. The van der Waals surface area contributed by atoms with Crippen LogP contribution in [0.3, 0.4) is 0 Å². The molecule has 29 heavy (non-hydrogen) atoms. The number of pyridine rings is 1. The second kappa shape index (κ2) is 10.3. The van der Waals surface area contributed by atoms with Crippen LogP contribution in [0.1, 0.15) is 37.0 Å². The molecule has 1 aromatic carbocycles. The number of hydrogen-bond acceptors (Lipinski definition) is 4. The van der Waals surface area contributed by atoms with E-state index in [1.165, 1.54) is 11.8 Å². The molecule has 7 heteroatoms. The summed E-state index contributed by atoms with van der Waals surface area (Å²) in [6.07, 6.45) is 3.25. The highest BCUT2D eigenvalue weighted by molar-refractivity contribution is 9.10. The third-order valence-corrected chi connectivity index (χ3v) is 6.38. The number of aromatic nitrogens is 1. The van der Waals surface area contributed by atoms with Crippen LogP contribution < -0.4 is 0 Å². The topological polar surface area (TPSA) is 53.5 Å². The van der Waals surface area contributed by atoms with Gasteiger partial charge in [-0.25, -0.2) is 4.98 Å². The predicted molar refractivity (Wildman–Crippen MR) is 119 cm³/mol. The average molecular weight is 476 g/mol. The molecule has 1 aromatic heterocycles. The molecule has 0 spiro atoms. The molecular formula is C22H26BrN3O2S. The zero-order chi connectivity index (χ0) is 20.8. The standard InChI is InChI=1S/C22H26BrN3O2S/c1-16(2)7-10-21(27)25-11-13-26(14-12-25)22(28)18-5-3-4-6-19(18)29-20-9-8-17(23)15-24-20/h3-6,8-9,15-16H,7,10-14H2,1-2H3. The monoisotopic (exact) mass is 475 g/mol. The quantitative estimate of drug-likeness (QED) is 0.606. The lowest BCUT2D eigenvalue weighted by Crippen LogP contribution is -2.50. The largest absolute Gasteiger partial charge is 0.339 e. The highest BCUT2D eigenvalue weighted by Crippen LogP contribution is 2.30. The summed E-state index contributed by atoms with van der Waals surface area (Å²) in [5.41, 5.74) is 0.682. The van der Waals surface area contributed by atoms with Crippen LogP contribution in [-0.4, -0.2) is 52.8 Å². The summed E-state index contributed by atoms with van der Waals surface area (Å²) in [6, 6.07) is 11.5. The SMILES string of the molecule is CC(C)CCC(=O)N1CCN(C(=O)c2ccccc2Sc2ccc(Br)cn2)CC1. The molecule has 3 rings (SSSR count). The van der Waals surface area contributed by atoms with Crippen molar-refractivity contribution in [3.63, 3.8) is 0 Å². The Morgan fingerprint density at radius 1 is 1.07 bits per heavy atom. The summed E-state index contributed by atoms with van der Waals surface area (Å²) < 4.78 is 0.923. The van der Waals surface area contributed by atoms with Crippen molar-refractivity contribution in [1.82, 2.24) is 14.8 Å². The molecule has 2 aromatic rings. The Kier molecular flexibility index (Phi) is 7.72. The van der Waals surface area contributed by atoms with Crippen LogP contribution in [0.25, 0.3) is 0 Å². The first-order valence-corrected chi connectivity index (χ1v) is 11.5. The number of piperazine rings is 1. The van der Waals surface area contributed by atoms with Gasteiger partial charge in [0.15, 0.2) is 0 Å². The summed E-state index contributed by atoms with van der Waals surface area (Å²) in [5, 5.41) is 0.842. The van der Waals surface area contributed by atoms with E-state index < -0.39 is 0 Å². The van der Waals surface area contributed by atoms with Gasteiger partial charge in [0.1, 0.15) is 5.03 Å². The van der Waals surface area contributed by atoms with Crippen molar-refractivity contribution in [2.75, 3.05) is 26.2 Å². The van der Waals surface area contributed by atoms with Crippen LogP contribution in [-0.2, 0) is 4.79 Å². The lowest BCUT2D eigenvalue weighted by Gasteiger charge is -2.35. The number of rotatable bonds is 6. The van der Waals surface area contributed by atoms with E-state index in [-0.39, 0.29) is 11.8 Å². The Morgan fingerprint density at radius 3 is 2.41 bits per heavy atom. The van der Waals surface area contributed by atoms with E-state index in [9.17, 15) is 9.59 Å². The molecule has 2 heterocycles. The normalized spacial score (nSPS) is 14.3. The fourth-order valence-corrected chi connectivity index (χ4v) is 4.28. The fraction of sp³-hybridized carbons (Fsp3) is 0.409. The van der Waals surface area contributed by atoms with Crippen LogP contribution in [0, 0.1) is 5.92 Å². The molecule has 0 atom stereocenters. The second-order valence-electron chi connectivity index (χ2n) is 7.52. The van der Waals surface area contributed by atoms with Gasteiger partial charge < -0.3 is 9.80 Å². The highest BCUT2D eigenvalue weighted by Gasteiger charge is 2.26. The van der Waals surface area contributed by atoms with Crippen molar-refractivity contribution in [2.45, 2.75) is 36.6 Å². The van der Waals surface area contributed by atoms with Gasteiger partial charge in [0.25, 0.3) is 5.91 Å². The lowest BCUT2D eigenvalue weighted by molar-refractivity contribution is -0.132. The van der Waals surface area contributed by atoms with Gasteiger partial charge >= 0.3 is 0 Å². The minimum absolute atomic E-state index is 0.0134. The van der Waals surface area contributed by atoms with E-state index in [2.05, 4.69) is 34.8 Å². The van der Waals surface area contributed by atoms with Crippen LogP contribution in [0.4, 0.5) is 0 Å². The fourth-order valence-electron chi connectivity index (χ4n) is 3.17. The van der Waals surface area contributed by atoms with Crippen molar-refractivity contribution in [2.24, 2.45) is 5.92 Å². The molecule has 0 radical (unpaired) electrons. The maximum Gasteiger partial charge on any atom is 0.255 e. The molecule has 154 valence electrons. The molecular weight excluding hydrogens is 450 g/mol. The molecule has 0 saturated carbocycles. The Labute approximate surface area is 185 Å². The van der Waals surface area contributed by atoms with Crippen molar-refractivity contribution in [1.29, 1.82) is 0 Å². The van der Waals surface area contributed by atoms with Gasteiger partial charge in [-0.15, -0.1) is 0 Å². The minimum atomic E-state index is 0.0134. The van der Waals surface area contributed by atoms with Gasteiger partial charge in [-0.2, -0.15) is 0 Å². The van der Waals surface area contributed by atoms with Crippen LogP contribution in [0.15, 0.2) is 57.0 Å². The maximum absolute atomic E-state index is 13.1. The first kappa shape index (κ1) is 21.8. The molecule has 5 nitrogen and oxygen atoms in total. The van der Waals surface area contributed by atoms with Gasteiger partial charge in [-0.1, -0.05) is 37.7 Å². The molecule has 0 N–H and O–H groups in total. The summed E-state index contributed by atoms with van der Waals surface area (Å²) in [4.78, 5) is 34.5. The Morgan fingerprint density at radius 2 is 1.76 bits per heavy atom. The number of amides is 2. The van der Waals surface area contributed by atoms with Crippen molar-refractivity contribution in [3.8, 4) is 0 Å². The molecule has 1 saturated heterocycles. The molecule has 2 amide bonds. The van der Waals surface area contributed by atoms with Gasteiger partial charge in [0.05, 0.1) is 5.56 Å². The lowest BCUT2D eigenvalue weighted by atomic mass is 10.1. The van der Waals surface area contributed by atoms with Gasteiger partial charge in [-0.3, -0.25) is 9.59 Å². The first-order valence-electron chi connectivity index (χ1n) is 9.89. The zero-order valence-corrected chi connectivity index (χ0v) is 19.2. The van der Waals surface area contributed by atoms with Gasteiger partial charge in [0, 0.05) is 48.2 Å². The Balaban J connectivity index is 1.63. The van der Waals surface area contributed by atoms with Crippen molar-refractivity contribution < 1.29 is 9.59 Å². The molecule has 0 aliphatic carbocycles. The first-order chi connectivity index (χ1) is 13.9. The smallest absolute Gasteiger partial charge is 0.255 e. The minimum Gasteiger partial charge on any atom is -0.339 e. The molecule has 1 aliphatic rings. The van der Waals surface area contributed by atoms with Crippen LogP contribution >= 0.6 is 27.7 Å². The summed E-state index contributed by atoms with van der Waals surface area (Å²) in [5.74, 6) is 0.735. The number of hydrogen-bond donors (Lipinski definition) is 0. The van der Waals surface area contributed by atoms with E-state index >= 15 is 0 Å². The van der Waals surface area contributed by atoms with Crippen molar-refractivity contribution >= 4 is 39.5 Å². The highest BCUT2D eigenvalue weighted by atomic mass is 79.9. The third-order valence-electron chi connectivity index (χ3n) is 4.89. The molecule has 1 aliphatic heterocycles. The number of halogens is 1. The van der Waals surface area contributed by atoms with Crippen LogP contribution in [0.2, 0.25) is 0 Å². The molecule has 0 unspecified atom stereocenters. The summed E-state index contributed by atoms with van der Waals surface area (Å²) in [7, 11) is 0. The average Bonchev–Trinajstić information content (AvgIpc) is 2.73. The maximum atomic E-state index is 13.1. The van der Waals surface area contributed by atoms with Gasteiger partial charge in [0.2, 0.25) is 5.91 Å². The molecule has 0 bridgehead atoms. The number of carbonyl (C=O) groups excluding carboxylic acids is 2. The van der Waals surface area contributed by atoms with Gasteiger partial charge in [-0.05, 0) is 52.5 Å². The van der Waals surface area contributed by atoms with E-state index in [1.807, 2.05) is 46.2 Å². The van der Waals surface area contributed by atoms with E-state index in [0.29, 0.717) is 44.1 Å². The second-order valence-corrected chi connectivity index (χ2v) is 9.50. The van der Waals surface area contributed by atoms with E-state index in [4.69, 9.17) is 0 Å². The summed E-state index contributed by atoms with van der Waals surface area (Å²) >= 11 is 4.88. The Bertz CT molecular complexity index is 849. The Hall–Kier alpha value is -1.86. The number of nitrogens with zero attached hydrogens (tertiary/aromatic N) is 3. The predicted octanol–water partition coefficient (Wildman–Crippen LogP) is 4.72.